The Morgan fingerprint density at radius 2 is 2.10 bits per heavy atom. The zero-order valence-corrected chi connectivity index (χ0v) is 13.8. The summed E-state index contributed by atoms with van der Waals surface area (Å²) in [7, 11) is 0. The molecule has 0 saturated heterocycles. The zero-order valence-electron chi connectivity index (χ0n) is 13.8. The van der Waals surface area contributed by atoms with Crippen LogP contribution in [-0.2, 0) is 11.3 Å². The van der Waals surface area contributed by atoms with Gasteiger partial charge in [-0.1, -0.05) is 20.8 Å². The van der Waals surface area contributed by atoms with Crippen molar-refractivity contribution in [2.45, 2.75) is 59.5 Å². The molecular weight excluding hydrogens is 264 g/mol. The van der Waals surface area contributed by atoms with Crippen molar-refractivity contribution in [3.8, 4) is 0 Å². The molecule has 21 heavy (non-hydrogen) atoms. The van der Waals surface area contributed by atoms with E-state index in [1.165, 1.54) is 0 Å². The predicted octanol–water partition coefficient (Wildman–Crippen LogP) is 2.18. The van der Waals surface area contributed by atoms with Gasteiger partial charge in [-0.3, -0.25) is 9.48 Å². The third kappa shape index (κ3) is 6.76. The Bertz CT molecular complexity index is 408. The summed E-state index contributed by atoms with van der Waals surface area (Å²) < 4.78 is 1.83. The molecule has 1 heterocycles. The van der Waals surface area contributed by atoms with Gasteiger partial charge in [0.2, 0.25) is 5.91 Å². The smallest absolute Gasteiger partial charge is 0.220 e. The molecule has 3 N–H and O–H groups in total. The largest absolute Gasteiger partial charge is 0.352 e. The van der Waals surface area contributed by atoms with Crippen molar-refractivity contribution in [1.29, 1.82) is 0 Å². The van der Waals surface area contributed by atoms with Gasteiger partial charge in [0.1, 0.15) is 0 Å². The van der Waals surface area contributed by atoms with Crippen molar-refractivity contribution < 1.29 is 4.79 Å². The summed E-state index contributed by atoms with van der Waals surface area (Å²) in [5, 5.41) is 7.18. The van der Waals surface area contributed by atoms with Gasteiger partial charge in [-0.05, 0) is 43.7 Å². The van der Waals surface area contributed by atoms with E-state index in [9.17, 15) is 4.79 Å². The Morgan fingerprint density at radius 3 is 2.62 bits per heavy atom. The highest BCUT2D eigenvalue weighted by Gasteiger charge is 2.24. The Kier molecular flexibility index (Phi) is 6.89. The molecule has 0 bridgehead atoms. The fourth-order valence-electron chi connectivity index (χ4n) is 2.60. The Morgan fingerprint density at radius 1 is 1.38 bits per heavy atom. The minimum Gasteiger partial charge on any atom is -0.352 e. The Balaban J connectivity index is 2.35. The number of nitrogens with two attached hydrogens (primary N) is 1. The number of rotatable bonds is 8. The summed E-state index contributed by atoms with van der Waals surface area (Å²) >= 11 is 0. The molecule has 0 fully saturated rings. The van der Waals surface area contributed by atoms with E-state index in [0.717, 1.165) is 12.8 Å². The summed E-state index contributed by atoms with van der Waals surface area (Å²) in [4.78, 5) is 12.0. The first-order valence-corrected chi connectivity index (χ1v) is 7.79. The van der Waals surface area contributed by atoms with Gasteiger partial charge < -0.3 is 11.1 Å². The van der Waals surface area contributed by atoms with E-state index in [-0.39, 0.29) is 17.4 Å². The summed E-state index contributed by atoms with van der Waals surface area (Å²) in [5.41, 5.74) is 5.87. The minimum absolute atomic E-state index is 0.0833. The molecule has 1 aromatic rings. The normalized spacial score (nSPS) is 14.7. The second-order valence-corrected chi connectivity index (χ2v) is 6.88. The highest BCUT2D eigenvalue weighted by Crippen LogP contribution is 2.31. The maximum Gasteiger partial charge on any atom is 0.220 e. The van der Waals surface area contributed by atoms with Gasteiger partial charge >= 0.3 is 0 Å². The predicted molar refractivity (Wildman–Crippen MR) is 85.7 cm³/mol. The van der Waals surface area contributed by atoms with Crippen molar-refractivity contribution in [3.63, 3.8) is 0 Å². The molecule has 1 aromatic heterocycles. The van der Waals surface area contributed by atoms with E-state index in [2.05, 4.69) is 31.2 Å². The van der Waals surface area contributed by atoms with Gasteiger partial charge in [0, 0.05) is 24.9 Å². The number of nitrogens with zero attached hydrogens (tertiary/aromatic N) is 2. The number of hydrogen-bond donors (Lipinski definition) is 2. The van der Waals surface area contributed by atoms with E-state index < -0.39 is 0 Å². The lowest BCUT2D eigenvalue weighted by atomic mass is 9.76. The van der Waals surface area contributed by atoms with Crippen LogP contribution in [0, 0.1) is 11.3 Å². The van der Waals surface area contributed by atoms with Crippen LogP contribution < -0.4 is 11.1 Å². The van der Waals surface area contributed by atoms with Crippen LogP contribution in [0.15, 0.2) is 18.5 Å². The standard InChI is InChI=1S/C16H30N4O/c1-13(12-20-11-5-10-18-20)19-15(21)7-6-14(8-9-17)16(2,3)4/h5,10-11,13-14H,6-9,12,17H2,1-4H3,(H,19,21). The topological polar surface area (TPSA) is 72.9 Å². The molecule has 0 spiro atoms. The average molecular weight is 294 g/mol. The van der Waals surface area contributed by atoms with E-state index in [1.807, 2.05) is 23.9 Å². The lowest BCUT2D eigenvalue weighted by molar-refractivity contribution is -0.122. The second kappa shape index (κ2) is 8.17. The molecule has 0 aliphatic rings. The number of amides is 1. The van der Waals surface area contributed by atoms with Gasteiger partial charge in [-0.15, -0.1) is 0 Å². The molecule has 1 amide bonds. The Labute approximate surface area is 128 Å². The molecule has 1 rings (SSSR count). The molecule has 0 saturated carbocycles. The number of carbonyl (C=O) groups excluding carboxylic acids is 1. The van der Waals surface area contributed by atoms with Crippen LogP contribution in [0.2, 0.25) is 0 Å². The maximum atomic E-state index is 12.0. The highest BCUT2D eigenvalue weighted by atomic mass is 16.1. The van der Waals surface area contributed by atoms with Gasteiger partial charge in [0.05, 0.1) is 6.54 Å². The molecule has 0 aliphatic heterocycles. The van der Waals surface area contributed by atoms with Crippen molar-refractivity contribution in [3.05, 3.63) is 18.5 Å². The quantitative estimate of drug-likeness (QED) is 0.772. The third-order valence-corrected chi connectivity index (χ3v) is 3.89. The monoisotopic (exact) mass is 294 g/mol. The van der Waals surface area contributed by atoms with Gasteiger partial charge in [-0.25, -0.2) is 0 Å². The summed E-state index contributed by atoms with van der Waals surface area (Å²) in [6.45, 7) is 10.0. The number of hydrogen-bond acceptors (Lipinski definition) is 3. The summed E-state index contributed by atoms with van der Waals surface area (Å²) in [5.74, 6) is 0.593. The summed E-state index contributed by atoms with van der Waals surface area (Å²) in [6, 6.07) is 1.97. The summed E-state index contributed by atoms with van der Waals surface area (Å²) in [6.07, 6.45) is 6.07. The van der Waals surface area contributed by atoms with Gasteiger partial charge in [-0.2, -0.15) is 5.10 Å². The van der Waals surface area contributed by atoms with Crippen molar-refractivity contribution in [1.82, 2.24) is 15.1 Å². The molecule has 5 nitrogen and oxygen atoms in total. The maximum absolute atomic E-state index is 12.0. The molecule has 0 aromatic carbocycles. The van der Waals surface area contributed by atoms with Gasteiger partial charge in [0.25, 0.3) is 0 Å². The number of carbonyl (C=O) groups is 1. The molecule has 0 aliphatic carbocycles. The van der Waals surface area contributed by atoms with Crippen molar-refractivity contribution in [2.75, 3.05) is 6.54 Å². The number of aromatic nitrogens is 2. The fourth-order valence-corrected chi connectivity index (χ4v) is 2.60. The van der Waals surface area contributed by atoms with Crippen LogP contribution >= 0.6 is 0 Å². The second-order valence-electron chi connectivity index (χ2n) is 6.88. The van der Waals surface area contributed by atoms with Crippen LogP contribution in [0.5, 0.6) is 0 Å². The lowest BCUT2D eigenvalue weighted by Crippen LogP contribution is -2.36. The van der Waals surface area contributed by atoms with Crippen LogP contribution in [0.25, 0.3) is 0 Å². The zero-order chi connectivity index (χ0) is 15.9. The highest BCUT2D eigenvalue weighted by molar-refractivity contribution is 5.76. The van der Waals surface area contributed by atoms with Crippen molar-refractivity contribution in [2.24, 2.45) is 17.1 Å². The first-order valence-electron chi connectivity index (χ1n) is 7.79. The minimum atomic E-state index is 0.0833. The van der Waals surface area contributed by atoms with E-state index in [4.69, 9.17) is 5.73 Å². The van der Waals surface area contributed by atoms with Gasteiger partial charge in [0.15, 0.2) is 0 Å². The molecule has 120 valence electrons. The molecule has 2 atom stereocenters. The first-order chi connectivity index (χ1) is 9.82. The SMILES string of the molecule is CC(Cn1cccn1)NC(=O)CCC(CCN)C(C)(C)C. The van der Waals surface area contributed by atoms with Crippen molar-refractivity contribution >= 4 is 5.91 Å². The molecule has 5 heteroatoms. The molecular formula is C16H30N4O. The van der Waals surface area contributed by atoms with E-state index in [1.54, 1.807) is 6.20 Å². The Hall–Kier alpha value is -1.36. The first kappa shape index (κ1) is 17.7. The van der Waals surface area contributed by atoms with Crippen LogP contribution in [0.1, 0.15) is 47.0 Å². The van der Waals surface area contributed by atoms with E-state index >= 15 is 0 Å². The fraction of sp³-hybridized carbons (Fsp3) is 0.750. The molecule has 2 unspecified atom stereocenters. The lowest BCUT2D eigenvalue weighted by Gasteiger charge is -2.30. The average Bonchev–Trinajstić information content (AvgIpc) is 2.85. The van der Waals surface area contributed by atoms with Crippen LogP contribution in [0.3, 0.4) is 0 Å². The van der Waals surface area contributed by atoms with Crippen LogP contribution in [0.4, 0.5) is 0 Å². The third-order valence-electron chi connectivity index (χ3n) is 3.89. The van der Waals surface area contributed by atoms with Crippen LogP contribution in [-0.4, -0.2) is 28.3 Å². The number of nitrogens with one attached hydrogen (secondary N) is 1. The molecule has 0 radical (unpaired) electrons. The van der Waals surface area contributed by atoms with E-state index in [0.29, 0.717) is 25.4 Å².